The highest BCUT2D eigenvalue weighted by Gasteiger charge is 2.29. The van der Waals surface area contributed by atoms with Gasteiger partial charge in [-0.05, 0) is 49.5 Å². The first-order valence-electron chi connectivity index (χ1n) is 7.94. The summed E-state index contributed by atoms with van der Waals surface area (Å²) in [5, 5.41) is 6.95. The summed E-state index contributed by atoms with van der Waals surface area (Å²) in [5.41, 5.74) is 0.504. The fourth-order valence-corrected chi connectivity index (χ4v) is 3.01. The standard InChI is InChI=1S/C16H34N2O/c1-16(2,3)15-7-5-14(6-8-15)13-18-10-9-17-11-12-19-4/h14-15,17-18H,5-13H2,1-4H3. The monoisotopic (exact) mass is 270 g/mol. The predicted molar refractivity (Wildman–Crippen MR) is 82.5 cm³/mol. The molecular formula is C16H34N2O. The lowest BCUT2D eigenvalue weighted by Crippen LogP contribution is -2.34. The van der Waals surface area contributed by atoms with Gasteiger partial charge in [0.2, 0.25) is 0 Å². The summed E-state index contributed by atoms with van der Waals surface area (Å²) in [5.74, 6) is 1.83. The van der Waals surface area contributed by atoms with E-state index in [-0.39, 0.29) is 0 Å². The number of ether oxygens (including phenoxy) is 1. The third-order valence-electron chi connectivity index (χ3n) is 4.47. The molecule has 0 radical (unpaired) electrons. The topological polar surface area (TPSA) is 33.3 Å². The van der Waals surface area contributed by atoms with Gasteiger partial charge in [-0.2, -0.15) is 0 Å². The SMILES string of the molecule is COCCNCCNCC1CCC(C(C)(C)C)CC1. The molecule has 0 aliphatic heterocycles. The van der Waals surface area contributed by atoms with E-state index < -0.39 is 0 Å². The molecule has 1 fully saturated rings. The fraction of sp³-hybridized carbons (Fsp3) is 1.00. The van der Waals surface area contributed by atoms with E-state index in [2.05, 4.69) is 31.4 Å². The van der Waals surface area contributed by atoms with Gasteiger partial charge in [0.15, 0.2) is 0 Å². The van der Waals surface area contributed by atoms with Crippen LogP contribution in [0.3, 0.4) is 0 Å². The van der Waals surface area contributed by atoms with Gasteiger partial charge in [0, 0.05) is 26.7 Å². The van der Waals surface area contributed by atoms with Gasteiger partial charge in [-0.3, -0.25) is 0 Å². The van der Waals surface area contributed by atoms with Crippen molar-refractivity contribution in [3.05, 3.63) is 0 Å². The third-order valence-corrected chi connectivity index (χ3v) is 4.47. The Hall–Kier alpha value is -0.120. The third kappa shape index (κ3) is 7.28. The van der Waals surface area contributed by atoms with Crippen molar-refractivity contribution in [1.82, 2.24) is 10.6 Å². The lowest BCUT2D eigenvalue weighted by atomic mass is 9.70. The van der Waals surface area contributed by atoms with E-state index in [0.29, 0.717) is 5.41 Å². The Morgan fingerprint density at radius 1 is 0.947 bits per heavy atom. The van der Waals surface area contributed by atoms with Gasteiger partial charge in [-0.25, -0.2) is 0 Å². The zero-order chi connectivity index (χ0) is 14.1. The first-order chi connectivity index (χ1) is 9.04. The average molecular weight is 270 g/mol. The van der Waals surface area contributed by atoms with E-state index >= 15 is 0 Å². The van der Waals surface area contributed by atoms with Crippen molar-refractivity contribution in [2.45, 2.75) is 46.5 Å². The van der Waals surface area contributed by atoms with Crippen LogP contribution >= 0.6 is 0 Å². The van der Waals surface area contributed by atoms with E-state index in [1.54, 1.807) is 7.11 Å². The summed E-state index contributed by atoms with van der Waals surface area (Å²) in [6.45, 7) is 12.2. The second-order valence-corrected chi connectivity index (χ2v) is 7.03. The summed E-state index contributed by atoms with van der Waals surface area (Å²) >= 11 is 0. The van der Waals surface area contributed by atoms with Crippen LogP contribution in [0.25, 0.3) is 0 Å². The number of methoxy groups -OCH3 is 1. The predicted octanol–water partition coefficient (Wildman–Crippen LogP) is 2.66. The van der Waals surface area contributed by atoms with Crippen LogP contribution in [0.5, 0.6) is 0 Å². The second-order valence-electron chi connectivity index (χ2n) is 7.03. The molecule has 1 rings (SSSR count). The number of hydrogen-bond acceptors (Lipinski definition) is 3. The normalized spacial score (nSPS) is 24.6. The Bertz CT molecular complexity index is 217. The molecule has 0 bridgehead atoms. The van der Waals surface area contributed by atoms with Gasteiger partial charge in [0.05, 0.1) is 6.61 Å². The molecule has 19 heavy (non-hydrogen) atoms. The van der Waals surface area contributed by atoms with Crippen molar-refractivity contribution in [3.8, 4) is 0 Å². The molecule has 0 atom stereocenters. The van der Waals surface area contributed by atoms with Crippen LogP contribution in [0.2, 0.25) is 0 Å². The quantitative estimate of drug-likeness (QED) is 0.665. The van der Waals surface area contributed by atoms with Crippen LogP contribution in [0, 0.1) is 17.3 Å². The Morgan fingerprint density at radius 2 is 1.58 bits per heavy atom. The molecule has 0 heterocycles. The molecule has 3 heteroatoms. The van der Waals surface area contributed by atoms with Crippen LogP contribution in [0.15, 0.2) is 0 Å². The van der Waals surface area contributed by atoms with Crippen LogP contribution < -0.4 is 10.6 Å². The number of nitrogens with one attached hydrogen (secondary N) is 2. The Balaban J connectivity index is 1.98. The van der Waals surface area contributed by atoms with Gasteiger partial charge in [0.1, 0.15) is 0 Å². The highest BCUT2D eigenvalue weighted by Crippen LogP contribution is 2.39. The molecule has 0 amide bonds. The van der Waals surface area contributed by atoms with Gasteiger partial charge >= 0.3 is 0 Å². The summed E-state index contributed by atoms with van der Waals surface area (Å²) < 4.78 is 5.00. The van der Waals surface area contributed by atoms with E-state index in [1.807, 2.05) is 0 Å². The fourth-order valence-electron chi connectivity index (χ4n) is 3.01. The van der Waals surface area contributed by atoms with E-state index in [0.717, 1.165) is 38.1 Å². The molecule has 0 spiro atoms. The van der Waals surface area contributed by atoms with Crippen molar-refractivity contribution in [3.63, 3.8) is 0 Å². The first kappa shape index (κ1) is 16.9. The Morgan fingerprint density at radius 3 is 2.16 bits per heavy atom. The van der Waals surface area contributed by atoms with Crippen molar-refractivity contribution in [2.24, 2.45) is 17.3 Å². The molecule has 2 N–H and O–H groups in total. The second kappa shape index (κ2) is 8.93. The van der Waals surface area contributed by atoms with Gasteiger partial charge < -0.3 is 15.4 Å². The molecule has 114 valence electrons. The number of rotatable bonds is 8. The molecule has 0 aromatic carbocycles. The molecule has 0 unspecified atom stereocenters. The molecule has 1 aliphatic rings. The Kier molecular flexibility index (Phi) is 7.96. The minimum Gasteiger partial charge on any atom is -0.383 e. The van der Waals surface area contributed by atoms with Gasteiger partial charge in [-0.15, -0.1) is 0 Å². The van der Waals surface area contributed by atoms with Crippen molar-refractivity contribution >= 4 is 0 Å². The molecular weight excluding hydrogens is 236 g/mol. The highest BCUT2D eigenvalue weighted by atomic mass is 16.5. The summed E-state index contributed by atoms with van der Waals surface area (Å²) in [6.07, 6.45) is 5.65. The van der Waals surface area contributed by atoms with Gasteiger partial charge in [0.25, 0.3) is 0 Å². The number of hydrogen-bond donors (Lipinski definition) is 2. The minimum absolute atomic E-state index is 0.504. The van der Waals surface area contributed by atoms with Crippen molar-refractivity contribution in [2.75, 3.05) is 39.9 Å². The zero-order valence-corrected chi connectivity index (χ0v) is 13.4. The van der Waals surface area contributed by atoms with Crippen LogP contribution in [0.4, 0.5) is 0 Å². The summed E-state index contributed by atoms with van der Waals surface area (Å²) in [7, 11) is 1.74. The first-order valence-corrected chi connectivity index (χ1v) is 7.94. The molecule has 1 aliphatic carbocycles. The average Bonchev–Trinajstić information content (AvgIpc) is 2.37. The van der Waals surface area contributed by atoms with Crippen molar-refractivity contribution in [1.29, 1.82) is 0 Å². The maximum Gasteiger partial charge on any atom is 0.0587 e. The molecule has 0 aromatic heterocycles. The summed E-state index contributed by atoms with van der Waals surface area (Å²) in [6, 6.07) is 0. The van der Waals surface area contributed by atoms with E-state index in [1.165, 1.54) is 32.2 Å². The molecule has 1 saturated carbocycles. The van der Waals surface area contributed by atoms with Crippen LogP contribution in [-0.2, 0) is 4.74 Å². The highest BCUT2D eigenvalue weighted by molar-refractivity contribution is 4.81. The van der Waals surface area contributed by atoms with Gasteiger partial charge in [-0.1, -0.05) is 20.8 Å². The maximum atomic E-state index is 5.00. The van der Waals surface area contributed by atoms with Crippen molar-refractivity contribution < 1.29 is 4.74 Å². The lowest BCUT2D eigenvalue weighted by Gasteiger charge is -2.37. The van der Waals surface area contributed by atoms with E-state index in [4.69, 9.17) is 4.74 Å². The van der Waals surface area contributed by atoms with Crippen LogP contribution in [0.1, 0.15) is 46.5 Å². The lowest BCUT2D eigenvalue weighted by molar-refractivity contribution is 0.149. The molecule has 3 nitrogen and oxygen atoms in total. The molecule has 0 aromatic rings. The maximum absolute atomic E-state index is 5.00. The van der Waals surface area contributed by atoms with E-state index in [9.17, 15) is 0 Å². The smallest absolute Gasteiger partial charge is 0.0587 e. The largest absolute Gasteiger partial charge is 0.383 e. The molecule has 0 saturated heterocycles. The zero-order valence-electron chi connectivity index (χ0n) is 13.4. The minimum atomic E-state index is 0.504. The van der Waals surface area contributed by atoms with Crippen LogP contribution in [-0.4, -0.2) is 39.9 Å². The summed E-state index contributed by atoms with van der Waals surface area (Å²) in [4.78, 5) is 0. The Labute approximate surface area is 119 Å².